The Labute approximate surface area is 297 Å². The standard InChI is InChI=1S/C46H40BN.C2H6/c1-43(2)23-45(5)19-20-46(6)24-44(3,4)39-29-16-18-35-42-37(29)31(22-33(39)46)27-14-10-13-26-30-21-32(45)38(43)28-15-17-34(41(36(28)30)48(42)40(26)27)47(35)25-11-8-7-9-12-25;1-2/h7-18,21-22H,19-20,23-24H2,1-6H3;1-2H3. The Morgan fingerprint density at radius 2 is 1.00 bits per heavy atom. The third kappa shape index (κ3) is 3.16. The van der Waals surface area contributed by atoms with Crippen LogP contribution >= 0.6 is 0 Å². The van der Waals surface area contributed by atoms with E-state index in [1.54, 1.807) is 22.3 Å². The van der Waals surface area contributed by atoms with E-state index in [1.807, 2.05) is 13.8 Å². The van der Waals surface area contributed by atoms with Crippen LogP contribution in [0.5, 0.6) is 0 Å². The summed E-state index contributed by atoms with van der Waals surface area (Å²) in [7, 11) is 0. The van der Waals surface area contributed by atoms with Crippen LogP contribution in [0.25, 0.3) is 43.8 Å². The molecule has 246 valence electrons. The summed E-state index contributed by atoms with van der Waals surface area (Å²) in [5, 5.41) is 5.93. The Morgan fingerprint density at radius 3 is 1.48 bits per heavy atom. The van der Waals surface area contributed by atoms with E-state index in [-0.39, 0.29) is 28.4 Å². The summed E-state index contributed by atoms with van der Waals surface area (Å²) in [5.41, 5.74) is 21.2. The van der Waals surface area contributed by atoms with Crippen molar-refractivity contribution in [2.75, 3.05) is 4.90 Å². The van der Waals surface area contributed by atoms with Crippen molar-refractivity contribution >= 4 is 61.7 Å². The van der Waals surface area contributed by atoms with Gasteiger partial charge in [-0.25, -0.2) is 0 Å². The van der Waals surface area contributed by atoms with E-state index in [4.69, 9.17) is 0 Å². The Balaban J connectivity index is 0.00000148. The van der Waals surface area contributed by atoms with E-state index in [9.17, 15) is 0 Å². The number of benzene rings is 6. The number of hydrogen-bond donors (Lipinski definition) is 0. The first-order chi connectivity index (χ1) is 24.0. The quantitative estimate of drug-likeness (QED) is 0.160. The van der Waals surface area contributed by atoms with E-state index in [2.05, 4.69) is 131 Å². The lowest BCUT2D eigenvalue weighted by Crippen LogP contribution is -2.58. The van der Waals surface area contributed by atoms with Crippen molar-refractivity contribution in [3.63, 3.8) is 0 Å². The van der Waals surface area contributed by atoms with Crippen LogP contribution in [0.4, 0.5) is 17.1 Å². The number of rotatable bonds is 1. The molecule has 3 aliphatic heterocycles. The van der Waals surface area contributed by atoms with Crippen molar-refractivity contribution < 1.29 is 0 Å². The molecule has 0 saturated heterocycles. The van der Waals surface area contributed by atoms with E-state index >= 15 is 0 Å². The predicted molar refractivity (Wildman–Crippen MR) is 216 cm³/mol. The van der Waals surface area contributed by atoms with Gasteiger partial charge in [0.15, 0.2) is 0 Å². The molecule has 0 N–H and O–H groups in total. The molecule has 0 amide bonds. The first-order valence-electron chi connectivity index (χ1n) is 19.3. The third-order valence-electron chi connectivity index (χ3n) is 14.2. The second kappa shape index (κ2) is 8.95. The highest BCUT2D eigenvalue weighted by molar-refractivity contribution is 6.98. The Kier molecular flexibility index (Phi) is 5.27. The molecular formula is C48H46BN. The van der Waals surface area contributed by atoms with Gasteiger partial charge in [-0.05, 0) is 115 Å². The summed E-state index contributed by atoms with van der Waals surface area (Å²) in [6.45, 7) is 19.5. The highest BCUT2D eigenvalue weighted by Crippen LogP contribution is 2.66. The summed E-state index contributed by atoms with van der Waals surface area (Å²) in [6.07, 6.45) is 4.84. The van der Waals surface area contributed by atoms with Gasteiger partial charge >= 0.3 is 0 Å². The minimum Gasteiger partial charge on any atom is -0.309 e. The van der Waals surface area contributed by atoms with Crippen LogP contribution < -0.4 is 21.3 Å². The SMILES string of the molecule is CC.CC1(C)CC2(C)CCC3(C)CC(C)(C)c4c3cc3c5c6c(ccc45)B(c4ccccc4)c4ccc5c1c2cc1c5c4N6c2c-1cccc2-3. The Bertz CT molecular complexity index is 2400. The summed E-state index contributed by atoms with van der Waals surface area (Å²) < 4.78 is 0. The molecule has 0 saturated carbocycles. The van der Waals surface area contributed by atoms with E-state index < -0.39 is 0 Å². The van der Waals surface area contributed by atoms with E-state index in [0.717, 1.165) is 0 Å². The first kappa shape index (κ1) is 29.4. The Hall–Kier alpha value is -4.30. The van der Waals surface area contributed by atoms with Gasteiger partial charge in [0.05, 0.1) is 5.69 Å². The molecule has 0 spiro atoms. The largest absolute Gasteiger partial charge is 0.309 e. The van der Waals surface area contributed by atoms with Crippen molar-refractivity contribution in [3.8, 4) is 22.3 Å². The highest BCUT2D eigenvalue weighted by atomic mass is 15.2. The van der Waals surface area contributed by atoms with Crippen LogP contribution in [-0.2, 0) is 21.7 Å². The van der Waals surface area contributed by atoms with Crippen LogP contribution in [0.3, 0.4) is 0 Å². The fourth-order valence-electron chi connectivity index (χ4n) is 12.9. The smallest absolute Gasteiger partial charge is 0.246 e. The van der Waals surface area contributed by atoms with Gasteiger partial charge in [-0.2, -0.15) is 0 Å². The molecule has 7 bridgehead atoms. The molecule has 6 aliphatic rings. The zero-order chi connectivity index (χ0) is 34.3. The molecule has 6 aromatic rings. The molecule has 2 heteroatoms. The predicted octanol–water partition coefficient (Wildman–Crippen LogP) is 11.0. The summed E-state index contributed by atoms with van der Waals surface area (Å²) in [4.78, 5) is 2.76. The normalized spacial score (nSPS) is 24.1. The van der Waals surface area contributed by atoms with Crippen LogP contribution in [0.1, 0.15) is 103 Å². The van der Waals surface area contributed by atoms with Crippen LogP contribution in [-0.4, -0.2) is 6.71 Å². The lowest BCUT2D eigenvalue weighted by molar-refractivity contribution is 0.284. The summed E-state index contributed by atoms with van der Waals surface area (Å²) in [5.74, 6) is 0. The van der Waals surface area contributed by atoms with Crippen molar-refractivity contribution in [1.82, 2.24) is 0 Å². The Morgan fingerprint density at radius 1 is 0.520 bits per heavy atom. The number of nitrogens with zero attached hydrogens (tertiary/aromatic N) is 1. The maximum atomic E-state index is 2.76. The molecular weight excluding hydrogens is 601 g/mol. The molecule has 3 heterocycles. The number of anilines is 3. The van der Waals surface area contributed by atoms with Crippen LogP contribution in [0, 0.1) is 0 Å². The minimum absolute atomic E-state index is 0.103. The molecule has 2 atom stereocenters. The van der Waals surface area contributed by atoms with Gasteiger partial charge in [-0.3, -0.25) is 0 Å². The minimum atomic E-state index is 0.103. The second-order valence-electron chi connectivity index (χ2n) is 18.2. The molecule has 0 fully saturated rings. The number of para-hydroxylation sites is 1. The number of hydrogen-bond acceptors (Lipinski definition) is 1. The topological polar surface area (TPSA) is 3.24 Å². The average Bonchev–Trinajstić information content (AvgIpc) is 3.46. The maximum Gasteiger partial charge on any atom is 0.246 e. The van der Waals surface area contributed by atoms with E-state index in [0.29, 0.717) is 0 Å². The lowest BCUT2D eigenvalue weighted by atomic mass is 9.34. The fraction of sp³-hybridized carbons (Fsp3) is 0.333. The van der Waals surface area contributed by atoms with Crippen LogP contribution in [0.2, 0.25) is 0 Å². The highest BCUT2D eigenvalue weighted by Gasteiger charge is 2.53. The van der Waals surface area contributed by atoms with Crippen molar-refractivity contribution in [2.24, 2.45) is 0 Å². The molecule has 50 heavy (non-hydrogen) atoms. The van der Waals surface area contributed by atoms with Gasteiger partial charge in [0.2, 0.25) is 6.71 Å². The molecule has 6 aromatic carbocycles. The van der Waals surface area contributed by atoms with Crippen LogP contribution in [0.15, 0.2) is 84.9 Å². The average molecular weight is 648 g/mol. The zero-order valence-electron chi connectivity index (χ0n) is 30.9. The number of fused-ring (bicyclic) bond motifs is 2. The van der Waals surface area contributed by atoms with Gasteiger partial charge in [-0.15, -0.1) is 0 Å². The monoisotopic (exact) mass is 647 g/mol. The van der Waals surface area contributed by atoms with Crippen molar-refractivity contribution in [1.29, 1.82) is 0 Å². The van der Waals surface area contributed by atoms with Crippen molar-refractivity contribution in [3.05, 3.63) is 107 Å². The molecule has 0 radical (unpaired) electrons. The molecule has 0 aromatic heterocycles. The third-order valence-corrected chi connectivity index (χ3v) is 14.2. The zero-order valence-corrected chi connectivity index (χ0v) is 30.9. The van der Waals surface area contributed by atoms with Gasteiger partial charge in [0.1, 0.15) is 0 Å². The molecule has 1 nitrogen and oxygen atoms in total. The molecule has 12 rings (SSSR count). The molecule has 2 unspecified atom stereocenters. The van der Waals surface area contributed by atoms with Gasteiger partial charge in [0, 0.05) is 33.3 Å². The summed E-state index contributed by atoms with van der Waals surface area (Å²) in [6, 6.07) is 34.1. The fourth-order valence-corrected chi connectivity index (χ4v) is 12.9. The first-order valence-corrected chi connectivity index (χ1v) is 19.3. The second-order valence-corrected chi connectivity index (χ2v) is 18.2. The van der Waals surface area contributed by atoms with Gasteiger partial charge in [-0.1, -0.05) is 134 Å². The van der Waals surface area contributed by atoms with Gasteiger partial charge < -0.3 is 4.90 Å². The molecule has 3 aliphatic carbocycles. The summed E-state index contributed by atoms with van der Waals surface area (Å²) >= 11 is 0. The van der Waals surface area contributed by atoms with E-state index in [1.165, 1.54) is 103 Å². The lowest BCUT2D eigenvalue weighted by Gasteiger charge is -2.46. The van der Waals surface area contributed by atoms with Gasteiger partial charge in [0.25, 0.3) is 0 Å². The van der Waals surface area contributed by atoms with Crippen molar-refractivity contribution in [2.45, 2.75) is 103 Å². The maximum absolute atomic E-state index is 2.76.